The predicted octanol–water partition coefficient (Wildman–Crippen LogP) is 5.49. The average Bonchev–Trinajstić information content (AvgIpc) is 2.56. The van der Waals surface area contributed by atoms with Crippen molar-refractivity contribution >= 4 is 5.91 Å². The van der Waals surface area contributed by atoms with Crippen LogP contribution < -0.4 is 0 Å². The molecule has 0 unspecified atom stereocenters. The van der Waals surface area contributed by atoms with Gasteiger partial charge in [-0.25, -0.2) is 0 Å². The highest BCUT2D eigenvalue weighted by Gasteiger charge is 2.10. The van der Waals surface area contributed by atoms with Crippen molar-refractivity contribution in [3.8, 4) is 0 Å². The summed E-state index contributed by atoms with van der Waals surface area (Å²) >= 11 is 0. The molecule has 1 amide bonds. The maximum absolute atomic E-state index is 12.2. The molecule has 0 aromatic heterocycles. The van der Waals surface area contributed by atoms with Crippen molar-refractivity contribution in [2.75, 3.05) is 33.7 Å². The zero-order chi connectivity index (χ0) is 18.0. The van der Waals surface area contributed by atoms with Crippen molar-refractivity contribution in [2.24, 2.45) is 0 Å². The first-order chi connectivity index (χ1) is 11.6. The third kappa shape index (κ3) is 15.0. The van der Waals surface area contributed by atoms with Crippen molar-refractivity contribution in [3.05, 3.63) is 0 Å². The molecule has 0 aliphatic rings. The number of carbonyl (C=O) groups is 1. The summed E-state index contributed by atoms with van der Waals surface area (Å²) in [7, 11) is 4.17. The molecule has 0 atom stereocenters. The first kappa shape index (κ1) is 23.4. The van der Waals surface area contributed by atoms with Crippen LogP contribution in [-0.2, 0) is 4.79 Å². The molecule has 0 heterocycles. The van der Waals surface area contributed by atoms with Gasteiger partial charge in [0.1, 0.15) is 0 Å². The van der Waals surface area contributed by atoms with Gasteiger partial charge in [0.2, 0.25) is 5.91 Å². The quantitative estimate of drug-likeness (QED) is 0.327. The number of hydrogen-bond donors (Lipinski definition) is 0. The lowest BCUT2D eigenvalue weighted by Crippen LogP contribution is -2.33. The Labute approximate surface area is 152 Å². The molecule has 0 aromatic carbocycles. The van der Waals surface area contributed by atoms with Gasteiger partial charge in [-0.05, 0) is 40.4 Å². The number of amides is 1. The van der Waals surface area contributed by atoms with E-state index in [4.69, 9.17) is 0 Å². The minimum atomic E-state index is 0.354. The van der Waals surface area contributed by atoms with Crippen LogP contribution >= 0.6 is 0 Å². The molecular weight excluding hydrogens is 296 g/mol. The van der Waals surface area contributed by atoms with Crippen LogP contribution in [0.4, 0.5) is 0 Å². The van der Waals surface area contributed by atoms with E-state index in [-0.39, 0.29) is 0 Å². The molecule has 0 aliphatic carbocycles. The molecular formula is C21H44N2O. The number of carbonyl (C=O) groups excluding carboxylic acids is 1. The fourth-order valence-electron chi connectivity index (χ4n) is 3.14. The van der Waals surface area contributed by atoms with Crippen molar-refractivity contribution in [2.45, 2.75) is 97.3 Å². The van der Waals surface area contributed by atoms with Crippen molar-refractivity contribution in [3.63, 3.8) is 0 Å². The number of rotatable bonds is 17. The van der Waals surface area contributed by atoms with Gasteiger partial charge in [0.25, 0.3) is 0 Å². The number of unbranched alkanes of at least 4 members (excludes halogenated alkanes) is 10. The average molecular weight is 341 g/mol. The first-order valence-electron chi connectivity index (χ1n) is 10.5. The molecule has 0 rings (SSSR count). The minimum Gasteiger partial charge on any atom is -0.343 e. The molecule has 144 valence electrons. The van der Waals surface area contributed by atoms with Crippen molar-refractivity contribution < 1.29 is 4.79 Å². The Morgan fingerprint density at radius 1 is 0.667 bits per heavy atom. The molecule has 0 aromatic rings. The summed E-state index contributed by atoms with van der Waals surface area (Å²) in [6, 6.07) is 0. The highest BCUT2D eigenvalue weighted by atomic mass is 16.2. The van der Waals surface area contributed by atoms with E-state index in [1.165, 1.54) is 64.2 Å². The lowest BCUT2D eigenvalue weighted by Gasteiger charge is -2.22. The summed E-state index contributed by atoms with van der Waals surface area (Å²) in [6.07, 6.45) is 16.5. The lowest BCUT2D eigenvalue weighted by molar-refractivity contribution is -0.131. The van der Waals surface area contributed by atoms with E-state index in [1.54, 1.807) is 0 Å². The van der Waals surface area contributed by atoms with Crippen LogP contribution in [0.2, 0.25) is 0 Å². The molecule has 0 saturated heterocycles. The van der Waals surface area contributed by atoms with Gasteiger partial charge >= 0.3 is 0 Å². The maximum Gasteiger partial charge on any atom is 0.222 e. The van der Waals surface area contributed by atoms with Crippen LogP contribution in [0.25, 0.3) is 0 Å². The molecule has 0 spiro atoms. The normalized spacial score (nSPS) is 11.2. The van der Waals surface area contributed by atoms with Crippen molar-refractivity contribution in [1.82, 2.24) is 9.80 Å². The molecule has 0 radical (unpaired) electrons. The lowest BCUT2D eigenvalue weighted by atomic mass is 10.1. The smallest absolute Gasteiger partial charge is 0.222 e. The van der Waals surface area contributed by atoms with Crippen LogP contribution in [-0.4, -0.2) is 49.4 Å². The van der Waals surface area contributed by atoms with Crippen LogP contribution in [0, 0.1) is 0 Å². The molecule has 0 fully saturated rings. The minimum absolute atomic E-state index is 0.354. The van der Waals surface area contributed by atoms with E-state index in [0.717, 1.165) is 38.9 Å². The van der Waals surface area contributed by atoms with Gasteiger partial charge in [0.15, 0.2) is 0 Å². The fourth-order valence-corrected chi connectivity index (χ4v) is 3.14. The maximum atomic E-state index is 12.2. The van der Waals surface area contributed by atoms with Gasteiger partial charge in [0.05, 0.1) is 0 Å². The highest BCUT2D eigenvalue weighted by Crippen LogP contribution is 2.12. The topological polar surface area (TPSA) is 23.6 Å². The summed E-state index contributed by atoms with van der Waals surface area (Å²) in [4.78, 5) is 16.4. The van der Waals surface area contributed by atoms with Crippen molar-refractivity contribution in [1.29, 1.82) is 0 Å². The van der Waals surface area contributed by atoms with Crippen LogP contribution in [0.1, 0.15) is 97.3 Å². The second kappa shape index (κ2) is 17.3. The zero-order valence-corrected chi connectivity index (χ0v) is 17.1. The fraction of sp³-hybridized carbons (Fsp3) is 0.952. The summed E-state index contributed by atoms with van der Waals surface area (Å²) in [5.74, 6) is 0.354. The Morgan fingerprint density at radius 3 is 1.62 bits per heavy atom. The standard InChI is InChI=1S/C21H44N2O/c1-5-7-8-9-10-11-12-13-14-15-16-18-21(24)23(6-2)20-17-19-22(3)4/h5-20H2,1-4H3. The van der Waals surface area contributed by atoms with E-state index in [2.05, 4.69) is 32.8 Å². The van der Waals surface area contributed by atoms with E-state index < -0.39 is 0 Å². The van der Waals surface area contributed by atoms with E-state index >= 15 is 0 Å². The molecule has 3 heteroatoms. The van der Waals surface area contributed by atoms with E-state index in [0.29, 0.717) is 5.91 Å². The van der Waals surface area contributed by atoms with Gasteiger partial charge in [-0.2, -0.15) is 0 Å². The molecule has 0 bridgehead atoms. The first-order valence-corrected chi connectivity index (χ1v) is 10.5. The second-order valence-electron chi connectivity index (χ2n) is 7.42. The Balaban J connectivity index is 3.46. The Morgan fingerprint density at radius 2 is 1.17 bits per heavy atom. The monoisotopic (exact) mass is 340 g/mol. The third-order valence-corrected chi connectivity index (χ3v) is 4.76. The molecule has 0 N–H and O–H groups in total. The van der Waals surface area contributed by atoms with E-state index in [9.17, 15) is 4.79 Å². The molecule has 3 nitrogen and oxygen atoms in total. The van der Waals surface area contributed by atoms with Gasteiger partial charge in [-0.1, -0.05) is 71.1 Å². The summed E-state index contributed by atoms with van der Waals surface area (Å²) in [5.41, 5.74) is 0. The molecule has 24 heavy (non-hydrogen) atoms. The van der Waals surface area contributed by atoms with Crippen LogP contribution in [0.3, 0.4) is 0 Å². The molecule has 0 aliphatic heterocycles. The number of hydrogen-bond acceptors (Lipinski definition) is 2. The Hall–Kier alpha value is -0.570. The van der Waals surface area contributed by atoms with Gasteiger partial charge in [-0.15, -0.1) is 0 Å². The van der Waals surface area contributed by atoms with E-state index in [1.807, 2.05) is 4.90 Å². The van der Waals surface area contributed by atoms with Crippen LogP contribution in [0.15, 0.2) is 0 Å². The predicted molar refractivity (Wildman–Crippen MR) is 107 cm³/mol. The summed E-state index contributed by atoms with van der Waals surface area (Å²) in [6.45, 7) is 7.18. The second-order valence-corrected chi connectivity index (χ2v) is 7.42. The third-order valence-electron chi connectivity index (χ3n) is 4.76. The van der Waals surface area contributed by atoms with Gasteiger partial charge < -0.3 is 9.80 Å². The highest BCUT2D eigenvalue weighted by molar-refractivity contribution is 5.76. The summed E-state index contributed by atoms with van der Waals surface area (Å²) in [5, 5.41) is 0. The van der Waals surface area contributed by atoms with Gasteiger partial charge in [-0.3, -0.25) is 4.79 Å². The van der Waals surface area contributed by atoms with Crippen LogP contribution in [0.5, 0.6) is 0 Å². The molecule has 0 saturated carbocycles. The zero-order valence-electron chi connectivity index (χ0n) is 17.1. The van der Waals surface area contributed by atoms with Gasteiger partial charge in [0, 0.05) is 19.5 Å². The summed E-state index contributed by atoms with van der Waals surface area (Å²) < 4.78 is 0. The number of nitrogens with zero attached hydrogens (tertiary/aromatic N) is 2. The largest absolute Gasteiger partial charge is 0.343 e. The Bertz CT molecular complexity index is 279. The SMILES string of the molecule is CCCCCCCCCCCCCC(=O)N(CC)CCCN(C)C. The Kier molecular flexibility index (Phi) is 16.8.